The zero-order chi connectivity index (χ0) is 20.7. The van der Waals surface area contributed by atoms with E-state index in [2.05, 4.69) is 15.0 Å². The zero-order valence-corrected chi connectivity index (χ0v) is 16.3. The Hall–Kier alpha value is -3.10. The van der Waals surface area contributed by atoms with E-state index in [1.54, 1.807) is 18.5 Å². The van der Waals surface area contributed by atoms with Crippen LogP contribution in [0.3, 0.4) is 0 Å². The van der Waals surface area contributed by atoms with Gasteiger partial charge in [-0.2, -0.15) is 4.72 Å². The number of hydrogen-bond donors (Lipinski definition) is 2. The molecule has 2 aromatic carbocycles. The van der Waals surface area contributed by atoms with E-state index in [1.165, 1.54) is 0 Å². The van der Waals surface area contributed by atoms with Crippen molar-refractivity contribution in [3.05, 3.63) is 96.1 Å². The average Bonchev–Trinajstić information content (AvgIpc) is 2.73. The summed E-state index contributed by atoms with van der Waals surface area (Å²) in [5.41, 5.74) is 1.59. The Morgan fingerprint density at radius 1 is 0.966 bits per heavy atom. The highest BCUT2D eigenvalue weighted by molar-refractivity contribution is 7.89. The Labute approximate surface area is 168 Å². The van der Waals surface area contributed by atoms with Crippen LogP contribution in [0.15, 0.2) is 84.0 Å². The Bertz CT molecular complexity index is 1040. The van der Waals surface area contributed by atoms with Crippen LogP contribution in [0.1, 0.15) is 11.1 Å². The largest absolute Gasteiger partial charge is 0.351 e. The van der Waals surface area contributed by atoms with Crippen molar-refractivity contribution >= 4 is 15.9 Å². The van der Waals surface area contributed by atoms with Crippen molar-refractivity contribution in [1.29, 1.82) is 0 Å². The van der Waals surface area contributed by atoms with Crippen LogP contribution < -0.4 is 10.0 Å². The molecule has 6 nitrogen and oxygen atoms in total. The third kappa shape index (κ3) is 5.94. The van der Waals surface area contributed by atoms with Crippen molar-refractivity contribution in [3.63, 3.8) is 0 Å². The summed E-state index contributed by atoms with van der Waals surface area (Å²) >= 11 is 0. The molecule has 8 heteroatoms. The molecule has 3 rings (SSSR count). The molecule has 2 N–H and O–H groups in total. The van der Waals surface area contributed by atoms with Gasteiger partial charge in [0.2, 0.25) is 15.9 Å². The first-order valence-electron chi connectivity index (χ1n) is 8.92. The summed E-state index contributed by atoms with van der Waals surface area (Å²) in [5.74, 6) is -1.01. The van der Waals surface area contributed by atoms with Crippen LogP contribution in [-0.2, 0) is 27.8 Å². The molecular formula is C21H20FN3O3S. The predicted molar refractivity (Wildman–Crippen MR) is 107 cm³/mol. The van der Waals surface area contributed by atoms with Gasteiger partial charge in [-0.05, 0) is 47.9 Å². The first-order chi connectivity index (χ1) is 13.9. The van der Waals surface area contributed by atoms with Gasteiger partial charge in [0.1, 0.15) is 11.9 Å². The third-order valence-electron chi connectivity index (χ3n) is 4.21. The lowest BCUT2D eigenvalue weighted by Gasteiger charge is -2.19. The molecule has 1 heterocycles. The minimum Gasteiger partial charge on any atom is -0.351 e. The molecule has 0 saturated carbocycles. The van der Waals surface area contributed by atoms with E-state index < -0.39 is 27.8 Å². The highest BCUT2D eigenvalue weighted by Crippen LogP contribution is 2.12. The number of aromatic nitrogens is 1. The van der Waals surface area contributed by atoms with Gasteiger partial charge in [-0.25, -0.2) is 12.8 Å². The molecule has 0 spiro atoms. The van der Waals surface area contributed by atoms with Crippen LogP contribution in [0.5, 0.6) is 0 Å². The molecule has 150 valence electrons. The normalized spacial score (nSPS) is 12.3. The Kier molecular flexibility index (Phi) is 6.69. The fourth-order valence-electron chi connectivity index (χ4n) is 2.72. The minimum atomic E-state index is -4.01. The highest BCUT2D eigenvalue weighted by atomic mass is 32.2. The summed E-state index contributed by atoms with van der Waals surface area (Å²) in [6, 6.07) is 16.0. The first kappa shape index (κ1) is 20.6. The fraction of sp³-hybridized carbons (Fsp3) is 0.143. The molecule has 3 aromatic rings. The van der Waals surface area contributed by atoms with E-state index in [0.717, 1.165) is 35.4 Å². The number of halogens is 1. The summed E-state index contributed by atoms with van der Waals surface area (Å²) < 4.78 is 41.0. The molecule has 1 amide bonds. The summed E-state index contributed by atoms with van der Waals surface area (Å²) in [7, 11) is -4.01. The van der Waals surface area contributed by atoms with Gasteiger partial charge >= 0.3 is 0 Å². The molecule has 0 unspecified atom stereocenters. The Morgan fingerprint density at radius 2 is 1.66 bits per heavy atom. The maximum atomic E-state index is 13.1. The van der Waals surface area contributed by atoms with Crippen molar-refractivity contribution in [2.75, 3.05) is 0 Å². The summed E-state index contributed by atoms with van der Waals surface area (Å²) in [6.45, 7) is 0.218. The van der Waals surface area contributed by atoms with Crippen molar-refractivity contribution in [1.82, 2.24) is 15.0 Å². The van der Waals surface area contributed by atoms with Crippen LogP contribution in [0.2, 0.25) is 0 Å². The second kappa shape index (κ2) is 9.40. The van der Waals surface area contributed by atoms with Gasteiger partial charge in [0.25, 0.3) is 0 Å². The second-order valence-corrected chi connectivity index (χ2v) is 8.11. The van der Waals surface area contributed by atoms with E-state index in [-0.39, 0.29) is 17.9 Å². The number of rotatable bonds is 8. The van der Waals surface area contributed by atoms with E-state index >= 15 is 0 Å². The van der Waals surface area contributed by atoms with Gasteiger partial charge in [-0.3, -0.25) is 9.78 Å². The first-order valence-corrected chi connectivity index (χ1v) is 10.4. The van der Waals surface area contributed by atoms with E-state index in [1.807, 2.05) is 36.4 Å². The minimum absolute atomic E-state index is 0.114. The maximum absolute atomic E-state index is 13.1. The number of nitrogens with zero attached hydrogens (tertiary/aromatic N) is 1. The number of benzene rings is 2. The Balaban J connectivity index is 1.78. The van der Waals surface area contributed by atoms with Gasteiger partial charge in [0.15, 0.2) is 0 Å². The number of pyridine rings is 1. The van der Waals surface area contributed by atoms with Crippen molar-refractivity contribution in [2.24, 2.45) is 0 Å². The van der Waals surface area contributed by atoms with Crippen molar-refractivity contribution < 1.29 is 17.6 Å². The standard InChI is InChI=1S/C21H20FN3O3S/c22-18-8-10-19(11-9-18)29(27,28)25-20(13-16-5-2-1-3-6-16)21(26)24-15-17-7-4-12-23-14-17/h1-12,14,20,25H,13,15H2,(H,24,26)/t20-/m1/s1. The van der Waals surface area contributed by atoms with Gasteiger partial charge < -0.3 is 5.32 Å². The van der Waals surface area contributed by atoms with Gasteiger partial charge in [-0.1, -0.05) is 36.4 Å². The topological polar surface area (TPSA) is 88.2 Å². The lowest BCUT2D eigenvalue weighted by molar-refractivity contribution is -0.122. The number of hydrogen-bond acceptors (Lipinski definition) is 4. The quantitative estimate of drug-likeness (QED) is 0.594. The zero-order valence-electron chi connectivity index (χ0n) is 15.5. The summed E-state index contributed by atoms with van der Waals surface area (Å²) in [6.07, 6.45) is 3.41. The van der Waals surface area contributed by atoms with Crippen LogP contribution >= 0.6 is 0 Å². The van der Waals surface area contributed by atoms with Crippen molar-refractivity contribution in [2.45, 2.75) is 23.9 Å². The van der Waals surface area contributed by atoms with E-state index in [4.69, 9.17) is 0 Å². The molecule has 0 aliphatic rings. The lowest BCUT2D eigenvalue weighted by atomic mass is 10.1. The smallest absolute Gasteiger partial charge is 0.241 e. The van der Waals surface area contributed by atoms with Gasteiger partial charge in [0, 0.05) is 18.9 Å². The molecule has 0 radical (unpaired) electrons. The molecule has 1 aromatic heterocycles. The summed E-state index contributed by atoms with van der Waals surface area (Å²) in [5, 5.41) is 2.74. The molecule has 0 bridgehead atoms. The average molecular weight is 413 g/mol. The molecule has 29 heavy (non-hydrogen) atoms. The van der Waals surface area contributed by atoms with Crippen LogP contribution in [0.4, 0.5) is 4.39 Å². The third-order valence-corrected chi connectivity index (χ3v) is 5.70. The van der Waals surface area contributed by atoms with E-state index in [9.17, 15) is 17.6 Å². The Morgan fingerprint density at radius 3 is 2.31 bits per heavy atom. The molecule has 0 fully saturated rings. The van der Waals surface area contributed by atoms with E-state index in [0.29, 0.717) is 0 Å². The predicted octanol–water partition coefficient (Wildman–Crippen LogP) is 2.43. The van der Waals surface area contributed by atoms with Gasteiger partial charge in [0.05, 0.1) is 4.90 Å². The number of sulfonamides is 1. The monoisotopic (exact) mass is 413 g/mol. The molecule has 0 aliphatic carbocycles. The number of amides is 1. The van der Waals surface area contributed by atoms with Crippen molar-refractivity contribution in [3.8, 4) is 0 Å². The number of carbonyl (C=O) groups excluding carboxylic acids is 1. The highest BCUT2D eigenvalue weighted by Gasteiger charge is 2.26. The van der Waals surface area contributed by atoms with Crippen LogP contribution in [0, 0.1) is 5.82 Å². The number of nitrogens with one attached hydrogen (secondary N) is 2. The lowest BCUT2D eigenvalue weighted by Crippen LogP contribution is -2.47. The maximum Gasteiger partial charge on any atom is 0.241 e. The van der Waals surface area contributed by atoms with Crippen LogP contribution in [0.25, 0.3) is 0 Å². The van der Waals surface area contributed by atoms with Crippen LogP contribution in [-0.4, -0.2) is 25.4 Å². The molecular weight excluding hydrogens is 393 g/mol. The fourth-order valence-corrected chi connectivity index (χ4v) is 3.92. The summed E-state index contributed by atoms with van der Waals surface area (Å²) in [4.78, 5) is 16.6. The second-order valence-electron chi connectivity index (χ2n) is 6.40. The molecule has 0 saturated heterocycles. The molecule has 1 atom stereocenters. The number of carbonyl (C=O) groups is 1. The SMILES string of the molecule is O=C(NCc1cccnc1)[C@@H](Cc1ccccc1)NS(=O)(=O)c1ccc(F)cc1. The molecule has 0 aliphatic heterocycles. The van der Waals surface area contributed by atoms with Gasteiger partial charge in [-0.15, -0.1) is 0 Å².